The van der Waals surface area contributed by atoms with Gasteiger partial charge >= 0.3 is 12.4 Å². The van der Waals surface area contributed by atoms with Gasteiger partial charge < -0.3 is 9.30 Å². The summed E-state index contributed by atoms with van der Waals surface area (Å²) in [6.07, 6.45) is -3.66. The molecular weight excluding hydrogens is 1010 g/mol. The van der Waals surface area contributed by atoms with Crippen LogP contribution >= 0.6 is 11.6 Å². The van der Waals surface area contributed by atoms with Crippen molar-refractivity contribution in [3.63, 3.8) is 0 Å². The molecule has 2 atom stereocenters. The monoisotopic (exact) mass is 1050 g/mol. The van der Waals surface area contributed by atoms with Crippen molar-refractivity contribution in [2.45, 2.75) is 56.6 Å². The van der Waals surface area contributed by atoms with Gasteiger partial charge in [-0.1, -0.05) is 200 Å². The minimum Gasteiger partial charge on any atom is -0.465 e. The summed E-state index contributed by atoms with van der Waals surface area (Å²) in [5.74, 6) is -2.84. The van der Waals surface area contributed by atoms with Crippen molar-refractivity contribution >= 4 is 56.9 Å². The van der Waals surface area contributed by atoms with Crippen LogP contribution in [-0.4, -0.2) is 25.0 Å². The number of hydrogen-bond acceptors (Lipinski definition) is 4. The molecule has 0 bridgehead atoms. The van der Waals surface area contributed by atoms with E-state index in [2.05, 4.69) is 114 Å². The molecule has 1 aliphatic heterocycles. The number of ether oxygens (including phenoxy) is 1. The van der Waals surface area contributed by atoms with Crippen molar-refractivity contribution in [1.29, 1.82) is 15.8 Å². The van der Waals surface area contributed by atoms with Crippen molar-refractivity contribution < 1.29 is 31.1 Å². The average molecular weight is 1050 g/mol. The Bertz CT molecular complexity index is 3570. The molecule has 2 heterocycles. The summed E-state index contributed by atoms with van der Waals surface area (Å²) in [4.78, 5) is 0. The zero-order chi connectivity index (χ0) is 53.2. The molecule has 0 N–H and O–H groups in total. The lowest BCUT2D eigenvalue weighted by Crippen LogP contribution is -2.74. The molecule has 10 rings (SSSR count). The van der Waals surface area contributed by atoms with Crippen LogP contribution in [0.15, 0.2) is 233 Å². The Morgan fingerprint density at radius 2 is 1.20 bits per heavy atom. The van der Waals surface area contributed by atoms with Crippen LogP contribution in [0.4, 0.5) is 26.3 Å². The summed E-state index contributed by atoms with van der Waals surface area (Å²) >= 11 is 7.00. The maximum atomic E-state index is 15.5. The highest BCUT2D eigenvalue weighted by Gasteiger charge is 2.65. The molecule has 0 amide bonds. The van der Waals surface area contributed by atoms with Gasteiger partial charge in [-0.05, 0) is 81.2 Å². The zero-order valence-electron chi connectivity index (χ0n) is 40.6. The first kappa shape index (κ1) is 51.2. The minimum atomic E-state index is -5.29. The molecule has 0 saturated carbocycles. The highest BCUT2D eigenvalue weighted by Crippen LogP contribution is 2.56. The van der Waals surface area contributed by atoms with Gasteiger partial charge in [-0.3, -0.25) is 0 Å². The molecule has 76 heavy (non-hydrogen) atoms. The minimum absolute atomic E-state index is 0.0739. The number of rotatable bonds is 10. The Labute approximate surface area is 442 Å². The Morgan fingerprint density at radius 3 is 1.75 bits per heavy atom. The van der Waals surface area contributed by atoms with Gasteiger partial charge in [0.15, 0.2) is 19.4 Å². The lowest BCUT2D eigenvalue weighted by atomic mass is 9.81. The van der Waals surface area contributed by atoms with Crippen LogP contribution in [0.2, 0.25) is 0 Å². The van der Waals surface area contributed by atoms with Gasteiger partial charge in [0.25, 0.3) is 5.60 Å². The molecule has 7 aromatic rings. The van der Waals surface area contributed by atoms with Crippen LogP contribution in [0.3, 0.4) is 0 Å². The van der Waals surface area contributed by atoms with E-state index >= 15 is 13.2 Å². The van der Waals surface area contributed by atoms with Crippen LogP contribution in [-0.2, 0) is 23.3 Å². The van der Waals surface area contributed by atoms with E-state index in [1.807, 2.05) is 36.4 Å². The summed E-state index contributed by atoms with van der Waals surface area (Å²) < 4.78 is 98.9. The van der Waals surface area contributed by atoms with Gasteiger partial charge in [0.05, 0.1) is 5.92 Å². The van der Waals surface area contributed by atoms with E-state index in [9.17, 15) is 29.0 Å². The fourth-order valence-corrected chi connectivity index (χ4v) is 16.3. The molecule has 0 fully saturated rings. The third-order valence-corrected chi connectivity index (χ3v) is 20.1. The van der Waals surface area contributed by atoms with Crippen LogP contribution < -0.4 is 20.7 Å². The number of hydrogen-bond donors (Lipinski definition) is 0. The Balaban J connectivity index is 1.04. The summed E-state index contributed by atoms with van der Waals surface area (Å²) in [5, 5.41) is 35.6. The fraction of sp³-hybridized carbons (Fsp3) is 0.159. The summed E-state index contributed by atoms with van der Waals surface area (Å²) in [6, 6.07) is 60.2. The maximum Gasteiger partial charge on any atom is 0.437 e. The molecule has 3 aliphatic rings. The number of alkyl halides is 6. The first-order valence-corrected chi connectivity index (χ1v) is 27.0. The van der Waals surface area contributed by atoms with E-state index in [0.29, 0.717) is 13.0 Å². The number of aromatic nitrogens is 1. The number of allylic oxidation sites excluding steroid dienone is 9. The van der Waals surface area contributed by atoms with Gasteiger partial charge in [0, 0.05) is 44.9 Å². The van der Waals surface area contributed by atoms with Gasteiger partial charge in [-0.15, -0.1) is 0 Å². The van der Waals surface area contributed by atoms with Gasteiger partial charge in [-0.2, -0.15) is 42.1 Å². The van der Waals surface area contributed by atoms with Gasteiger partial charge in [0.1, 0.15) is 23.8 Å². The average Bonchev–Trinajstić information content (AvgIpc) is 3.99. The van der Waals surface area contributed by atoms with E-state index in [4.69, 9.17) is 16.3 Å². The first-order chi connectivity index (χ1) is 36.7. The predicted molar refractivity (Wildman–Crippen MR) is 287 cm³/mol. The van der Waals surface area contributed by atoms with Crippen molar-refractivity contribution in [2.75, 3.05) is 0 Å². The number of halogens is 7. The topological polar surface area (TPSA) is 85.5 Å². The largest absolute Gasteiger partial charge is 0.465 e. The number of fused-ring (bicyclic) bond motifs is 3. The second-order valence-corrected chi connectivity index (χ2v) is 23.2. The molecular formula is C63H45ClF6N4OSi. The van der Waals surface area contributed by atoms with Crippen molar-refractivity contribution in [2.24, 2.45) is 5.92 Å². The van der Waals surface area contributed by atoms with Crippen molar-refractivity contribution in [1.82, 2.24) is 4.57 Å². The summed E-state index contributed by atoms with van der Waals surface area (Å²) in [6.45, 7) is 0.569. The number of para-hydroxylation sites is 1. The van der Waals surface area contributed by atoms with Crippen LogP contribution in [0.25, 0.3) is 16.5 Å². The molecule has 2 unspecified atom stereocenters. The van der Waals surface area contributed by atoms with Crippen LogP contribution in [0.5, 0.6) is 0 Å². The van der Waals surface area contributed by atoms with E-state index in [1.54, 1.807) is 12.1 Å². The highest BCUT2D eigenvalue weighted by atomic mass is 35.5. The number of nitrogens with zero attached hydrogens (tertiary/aromatic N) is 4. The Kier molecular flexibility index (Phi) is 14.0. The van der Waals surface area contributed by atoms with Crippen LogP contribution in [0, 0.1) is 39.9 Å². The molecule has 376 valence electrons. The normalized spacial score (nSPS) is 19.2. The summed E-state index contributed by atoms with van der Waals surface area (Å²) in [7, 11) is -2.76. The predicted octanol–water partition coefficient (Wildman–Crippen LogP) is 13.3. The summed E-state index contributed by atoms with van der Waals surface area (Å²) in [5.41, 5.74) is -1.20. The second kappa shape index (κ2) is 20.8. The standard InChI is InChI=1S/C63H45ClF6N4OSi/c64-59-44(36-48(62(65,66)67)37-45(59)32-35-55-54(40-73)60(46(38-71)39-72)75-61(55,63(68,69)70)47-17-5-1-6-18-47)31-30-43-16-15-27-57-58(43)53-25-13-14-26-56(53)74(57)41-42-28-33-52(34-29-42)76(49-19-7-2-8-20-49,50-21-9-3-10-22-50)51-23-11-4-12-24-51/h1-14,17-26,28-35,48H,15-16,27,36-37,41H2/b35-32+,43-30-,44-31-. The maximum absolute atomic E-state index is 15.5. The molecule has 13 heteroatoms. The third kappa shape index (κ3) is 9.00. The molecule has 0 spiro atoms. The van der Waals surface area contributed by atoms with Crippen molar-refractivity contribution in [3.8, 4) is 18.2 Å². The van der Waals surface area contributed by atoms with E-state index in [0.717, 1.165) is 70.4 Å². The Hall–Kier alpha value is -8.34. The molecule has 6 aromatic carbocycles. The van der Waals surface area contributed by atoms with Crippen LogP contribution in [0.1, 0.15) is 48.1 Å². The highest BCUT2D eigenvalue weighted by molar-refractivity contribution is 7.19. The quantitative estimate of drug-likeness (QED) is 0.0591. The second-order valence-electron chi connectivity index (χ2n) is 19.0. The lowest BCUT2D eigenvalue weighted by molar-refractivity contribution is -0.249. The number of benzene rings is 6. The molecule has 5 nitrogen and oxygen atoms in total. The molecule has 0 radical (unpaired) electrons. The molecule has 1 aromatic heterocycles. The third-order valence-electron chi connectivity index (χ3n) is 14.8. The fourth-order valence-electron chi connectivity index (χ4n) is 11.3. The SMILES string of the molecule is N#CC(C#N)=C1OC(c2ccccc2)(C(F)(F)F)C(/C=C/C2=C(Cl)C(=C\C=C3\CCCc4c3c3ccccc3n4Cc3ccc([Si](c4ccccc4)(c4ccccc4)c4ccccc4)cc3)/CC(C(F)(F)F)C2)=C1C#N. The van der Waals surface area contributed by atoms with Gasteiger partial charge in [0.2, 0.25) is 0 Å². The van der Waals surface area contributed by atoms with Crippen molar-refractivity contribution in [3.05, 3.63) is 255 Å². The number of nitriles is 3. The Morgan fingerprint density at radius 1 is 0.658 bits per heavy atom. The lowest BCUT2D eigenvalue weighted by Gasteiger charge is -2.34. The van der Waals surface area contributed by atoms with E-state index in [-0.39, 0.29) is 16.2 Å². The van der Waals surface area contributed by atoms with Gasteiger partial charge in [-0.25, -0.2) is 0 Å². The smallest absolute Gasteiger partial charge is 0.437 e. The zero-order valence-corrected chi connectivity index (χ0v) is 42.4. The van der Waals surface area contributed by atoms with E-state index in [1.165, 1.54) is 51.1 Å². The molecule has 0 saturated heterocycles. The first-order valence-electron chi connectivity index (χ1n) is 24.7. The molecule has 2 aliphatic carbocycles. The van der Waals surface area contributed by atoms with E-state index < -0.39 is 72.8 Å².